The molecule has 1 aromatic carbocycles. The average molecular weight is 380 g/mol. The number of ether oxygens (including phenoxy) is 2. The Balaban J connectivity index is 1.73. The highest BCUT2D eigenvalue weighted by molar-refractivity contribution is 6.32. The number of ketones is 1. The average Bonchev–Trinajstić information content (AvgIpc) is 2.57. The molecule has 1 saturated heterocycles. The molecule has 5 nitrogen and oxygen atoms in total. The molecule has 2 heterocycles. The van der Waals surface area contributed by atoms with Crippen molar-refractivity contribution in [2.45, 2.75) is 52.6 Å². The first-order valence-electron chi connectivity index (χ1n) is 9.16. The molecule has 3 rings (SSSR count). The lowest BCUT2D eigenvalue weighted by Gasteiger charge is -2.44. The summed E-state index contributed by atoms with van der Waals surface area (Å²) in [5.74, 6) is 1.00. The zero-order valence-corrected chi connectivity index (χ0v) is 16.6. The molecule has 1 spiro atoms. The van der Waals surface area contributed by atoms with Crippen molar-refractivity contribution in [1.82, 2.24) is 4.90 Å². The summed E-state index contributed by atoms with van der Waals surface area (Å²) in [7, 11) is 0. The number of fused-ring (bicyclic) bond motifs is 1. The standard InChI is InChI=1S/C20H26ClNO4/c1-12(2)11-25-19(24)22-7-5-20(6-8-22)10-15(23)17-14(4)18(21)13(3)9-16(17)26-20/h9,12H,5-8,10-11H2,1-4H3. The van der Waals surface area contributed by atoms with Crippen LogP contribution in [0.25, 0.3) is 0 Å². The first-order valence-corrected chi connectivity index (χ1v) is 9.54. The molecular weight excluding hydrogens is 354 g/mol. The lowest BCUT2D eigenvalue weighted by atomic mass is 9.81. The van der Waals surface area contributed by atoms with Crippen LogP contribution in [-0.2, 0) is 4.74 Å². The number of rotatable bonds is 2. The van der Waals surface area contributed by atoms with Gasteiger partial charge in [-0.25, -0.2) is 4.79 Å². The van der Waals surface area contributed by atoms with Gasteiger partial charge in [0.15, 0.2) is 5.78 Å². The Morgan fingerprint density at radius 3 is 2.62 bits per heavy atom. The van der Waals surface area contributed by atoms with Crippen LogP contribution in [0.4, 0.5) is 4.79 Å². The molecule has 0 atom stereocenters. The second-order valence-corrected chi connectivity index (χ2v) is 8.23. The van der Waals surface area contributed by atoms with Gasteiger partial charge in [0, 0.05) is 31.0 Å². The third kappa shape index (κ3) is 3.54. The Hall–Kier alpha value is -1.75. The third-order valence-corrected chi connectivity index (χ3v) is 5.79. The summed E-state index contributed by atoms with van der Waals surface area (Å²) >= 11 is 6.30. The van der Waals surface area contributed by atoms with Gasteiger partial charge < -0.3 is 14.4 Å². The number of Topliss-reactive ketones (excluding diaryl/α,β-unsaturated/α-hetero) is 1. The second-order valence-electron chi connectivity index (χ2n) is 7.85. The fraction of sp³-hybridized carbons (Fsp3) is 0.600. The Bertz CT molecular complexity index is 736. The minimum absolute atomic E-state index is 0.0708. The highest BCUT2D eigenvalue weighted by atomic mass is 35.5. The minimum Gasteiger partial charge on any atom is -0.486 e. The molecule has 0 saturated carbocycles. The number of aryl methyl sites for hydroxylation is 1. The zero-order chi connectivity index (χ0) is 19.1. The quantitative estimate of drug-likeness (QED) is 0.756. The van der Waals surface area contributed by atoms with Crippen molar-refractivity contribution in [3.05, 3.63) is 27.8 Å². The molecule has 0 bridgehead atoms. The molecule has 2 aliphatic heterocycles. The summed E-state index contributed by atoms with van der Waals surface area (Å²) < 4.78 is 11.6. The van der Waals surface area contributed by atoms with Crippen LogP contribution >= 0.6 is 11.6 Å². The van der Waals surface area contributed by atoms with Crippen molar-refractivity contribution in [3.63, 3.8) is 0 Å². The van der Waals surface area contributed by atoms with Crippen LogP contribution in [0.2, 0.25) is 5.02 Å². The van der Waals surface area contributed by atoms with E-state index in [1.807, 2.05) is 33.8 Å². The minimum atomic E-state index is -0.536. The van der Waals surface area contributed by atoms with Crippen LogP contribution in [0, 0.1) is 19.8 Å². The molecule has 0 aromatic heterocycles. The van der Waals surface area contributed by atoms with E-state index in [2.05, 4.69) is 0 Å². The molecule has 0 unspecified atom stereocenters. The number of carbonyl (C=O) groups is 2. The van der Waals surface area contributed by atoms with E-state index in [1.54, 1.807) is 4.90 Å². The second kappa shape index (κ2) is 7.10. The van der Waals surface area contributed by atoms with E-state index in [0.717, 1.165) is 11.1 Å². The summed E-state index contributed by atoms with van der Waals surface area (Å²) in [4.78, 5) is 26.6. The van der Waals surface area contributed by atoms with Gasteiger partial charge in [0.05, 0.1) is 18.6 Å². The van der Waals surface area contributed by atoms with Crippen molar-refractivity contribution >= 4 is 23.5 Å². The highest BCUT2D eigenvalue weighted by Gasteiger charge is 2.44. The molecule has 26 heavy (non-hydrogen) atoms. The lowest BCUT2D eigenvalue weighted by molar-refractivity contribution is -0.0101. The largest absolute Gasteiger partial charge is 0.486 e. The smallest absolute Gasteiger partial charge is 0.409 e. The maximum Gasteiger partial charge on any atom is 0.409 e. The van der Waals surface area contributed by atoms with Crippen LogP contribution in [0.3, 0.4) is 0 Å². The Morgan fingerprint density at radius 2 is 2.00 bits per heavy atom. The molecular formula is C20H26ClNO4. The Kier molecular flexibility index (Phi) is 5.20. The maximum atomic E-state index is 12.8. The van der Waals surface area contributed by atoms with Gasteiger partial charge in [-0.3, -0.25) is 4.79 Å². The zero-order valence-electron chi connectivity index (χ0n) is 15.9. The number of hydrogen-bond donors (Lipinski definition) is 0. The molecule has 0 aliphatic carbocycles. The van der Waals surface area contributed by atoms with Gasteiger partial charge in [0.2, 0.25) is 0 Å². The van der Waals surface area contributed by atoms with E-state index in [-0.39, 0.29) is 11.9 Å². The predicted molar refractivity (Wildman–Crippen MR) is 100 cm³/mol. The van der Waals surface area contributed by atoms with Gasteiger partial charge >= 0.3 is 6.09 Å². The first kappa shape index (κ1) is 19.0. The fourth-order valence-corrected chi connectivity index (χ4v) is 3.85. The van der Waals surface area contributed by atoms with Gasteiger partial charge in [0.1, 0.15) is 11.4 Å². The van der Waals surface area contributed by atoms with E-state index in [4.69, 9.17) is 21.1 Å². The van der Waals surface area contributed by atoms with E-state index in [0.29, 0.717) is 61.2 Å². The topological polar surface area (TPSA) is 55.8 Å². The van der Waals surface area contributed by atoms with Crippen LogP contribution in [0.1, 0.15) is 54.6 Å². The van der Waals surface area contributed by atoms with E-state index in [1.165, 1.54) is 0 Å². The molecule has 1 fully saturated rings. The van der Waals surface area contributed by atoms with E-state index >= 15 is 0 Å². The molecule has 0 radical (unpaired) electrons. The molecule has 0 N–H and O–H groups in total. The summed E-state index contributed by atoms with van der Waals surface area (Å²) in [5.41, 5.74) is 1.76. The number of hydrogen-bond acceptors (Lipinski definition) is 4. The lowest BCUT2D eigenvalue weighted by Crippen LogP contribution is -2.52. The van der Waals surface area contributed by atoms with E-state index in [9.17, 15) is 9.59 Å². The summed E-state index contributed by atoms with van der Waals surface area (Å²) in [6.45, 7) is 9.28. The van der Waals surface area contributed by atoms with Gasteiger partial charge in [-0.05, 0) is 37.0 Å². The number of carbonyl (C=O) groups excluding carboxylic acids is 2. The van der Waals surface area contributed by atoms with Crippen molar-refractivity contribution in [2.75, 3.05) is 19.7 Å². The summed E-state index contributed by atoms with van der Waals surface area (Å²) in [6.07, 6.45) is 1.29. The third-order valence-electron chi connectivity index (χ3n) is 5.21. The number of likely N-dealkylation sites (tertiary alicyclic amines) is 1. The van der Waals surface area contributed by atoms with Crippen molar-refractivity contribution in [3.8, 4) is 5.75 Å². The predicted octanol–water partition coefficient (Wildman–Crippen LogP) is 4.55. The van der Waals surface area contributed by atoms with E-state index < -0.39 is 5.60 Å². The fourth-order valence-electron chi connectivity index (χ4n) is 3.70. The Morgan fingerprint density at radius 1 is 1.35 bits per heavy atom. The van der Waals surface area contributed by atoms with Crippen LogP contribution < -0.4 is 4.74 Å². The van der Waals surface area contributed by atoms with Crippen LogP contribution in [0.5, 0.6) is 5.75 Å². The molecule has 1 aromatic rings. The van der Waals surface area contributed by atoms with Gasteiger partial charge in [-0.2, -0.15) is 0 Å². The highest BCUT2D eigenvalue weighted by Crippen LogP contribution is 2.43. The summed E-state index contributed by atoms with van der Waals surface area (Å²) in [6, 6.07) is 1.85. The number of halogens is 1. The number of amides is 1. The van der Waals surface area contributed by atoms with Crippen LogP contribution in [-0.4, -0.2) is 42.1 Å². The molecule has 2 aliphatic rings. The molecule has 142 valence electrons. The number of benzene rings is 1. The monoisotopic (exact) mass is 379 g/mol. The normalized spacial score (nSPS) is 18.7. The number of nitrogens with zero attached hydrogens (tertiary/aromatic N) is 1. The van der Waals surface area contributed by atoms with Gasteiger partial charge in [0.25, 0.3) is 0 Å². The summed E-state index contributed by atoms with van der Waals surface area (Å²) in [5, 5.41) is 0.624. The van der Waals surface area contributed by atoms with Gasteiger partial charge in [-0.15, -0.1) is 0 Å². The van der Waals surface area contributed by atoms with Crippen LogP contribution in [0.15, 0.2) is 6.07 Å². The van der Waals surface area contributed by atoms with Gasteiger partial charge in [-0.1, -0.05) is 25.4 Å². The Labute approximate surface area is 159 Å². The van der Waals surface area contributed by atoms with Crippen molar-refractivity contribution < 1.29 is 19.1 Å². The first-order chi connectivity index (χ1) is 12.2. The SMILES string of the molecule is Cc1cc2c(c(C)c1Cl)C(=O)CC1(CCN(C(=O)OCC(C)C)CC1)O2. The van der Waals surface area contributed by atoms with Crippen molar-refractivity contribution in [2.24, 2.45) is 5.92 Å². The molecule has 1 amide bonds. The van der Waals surface area contributed by atoms with Crippen molar-refractivity contribution in [1.29, 1.82) is 0 Å². The molecule has 6 heteroatoms. The number of piperidine rings is 1. The maximum absolute atomic E-state index is 12.8.